The van der Waals surface area contributed by atoms with Gasteiger partial charge in [0.25, 0.3) is 0 Å². The van der Waals surface area contributed by atoms with Crippen molar-refractivity contribution in [3.63, 3.8) is 0 Å². The Bertz CT molecular complexity index is 1110. The molecule has 4 nitrogen and oxygen atoms in total. The van der Waals surface area contributed by atoms with E-state index in [1.807, 2.05) is 42.5 Å². The summed E-state index contributed by atoms with van der Waals surface area (Å²) in [6, 6.07) is 23.8. The number of rotatable bonds is 12. The molecule has 6 heteroatoms. The maximum absolute atomic E-state index is 13.5. The molecule has 1 atom stereocenters. The molecule has 182 valence electrons. The normalized spacial score (nSPS) is 12.8. The number of benzene rings is 3. The Hall–Kier alpha value is -2.70. The fourth-order valence-electron chi connectivity index (χ4n) is 4.03. The van der Waals surface area contributed by atoms with Crippen LogP contribution < -0.4 is 4.74 Å². The summed E-state index contributed by atoms with van der Waals surface area (Å²) in [5.41, 5.74) is 3.06. The van der Waals surface area contributed by atoms with Crippen molar-refractivity contribution in [1.29, 1.82) is 0 Å². The van der Waals surface area contributed by atoms with Gasteiger partial charge < -0.3 is 4.74 Å². The molecule has 0 aliphatic heterocycles. The third kappa shape index (κ3) is 7.96. The Morgan fingerprint density at radius 2 is 1.50 bits per heavy atom. The number of sulfonamides is 1. The summed E-state index contributed by atoms with van der Waals surface area (Å²) in [5.74, 6) is 0.810. The summed E-state index contributed by atoms with van der Waals surface area (Å²) in [5, 5.41) is 0. The van der Waals surface area contributed by atoms with Gasteiger partial charge >= 0.3 is 0 Å². The summed E-state index contributed by atoms with van der Waals surface area (Å²) in [4.78, 5) is 0. The lowest BCUT2D eigenvalue weighted by atomic mass is 9.96. The van der Waals surface area contributed by atoms with Crippen LogP contribution in [0.2, 0.25) is 0 Å². The lowest BCUT2D eigenvalue weighted by Crippen LogP contribution is -2.36. The van der Waals surface area contributed by atoms with E-state index in [0.717, 1.165) is 28.9 Å². The van der Waals surface area contributed by atoms with Gasteiger partial charge in [-0.15, -0.1) is 0 Å². The van der Waals surface area contributed by atoms with E-state index in [4.69, 9.17) is 4.74 Å². The van der Waals surface area contributed by atoms with Crippen LogP contribution in [0.3, 0.4) is 0 Å². The minimum Gasteiger partial charge on any atom is -0.489 e. The monoisotopic (exact) mass is 483 g/mol. The molecule has 34 heavy (non-hydrogen) atoms. The van der Waals surface area contributed by atoms with Crippen molar-refractivity contribution in [3.8, 4) is 5.75 Å². The van der Waals surface area contributed by atoms with Gasteiger partial charge in [-0.2, -0.15) is 4.31 Å². The minimum absolute atomic E-state index is 0.296. The molecule has 0 aliphatic rings. The van der Waals surface area contributed by atoms with E-state index in [9.17, 15) is 12.8 Å². The standard InChI is InChI=1S/C28H34FNO3S/c1-22(2)20-28(25-15-17-26(29)18-16-25)30(34(3,31)32)19-7-8-23-11-13-24(14-12-23)21-33-27-9-5-4-6-10-27/h4-6,9-18,22,28H,7-8,19-21H2,1-3H3. The first-order chi connectivity index (χ1) is 16.2. The number of ether oxygens (including phenoxy) is 1. The first-order valence-electron chi connectivity index (χ1n) is 11.7. The van der Waals surface area contributed by atoms with Crippen LogP contribution in [0.15, 0.2) is 78.9 Å². The molecular formula is C28H34FNO3S. The molecule has 0 amide bonds. The third-order valence-electron chi connectivity index (χ3n) is 5.74. The van der Waals surface area contributed by atoms with Crippen molar-refractivity contribution in [2.75, 3.05) is 12.8 Å². The fraction of sp³-hybridized carbons (Fsp3) is 0.357. The van der Waals surface area contributed by atoms with E-state index in [-0.39, 0.29) is 11.9 Å². The van der Waals surface area contributed by atoms with Gasteiger partial charge in [-0.25, -0.2) is 12.8 Å². The summed E-state index contributed by atoms with van der Waals surface area (Å²) in [6.07, 6.45) is 3.40. The SMILES string of the molecule is CC(C)CC(c1ccc(F)cc1)N(CCCc1ccc(COc2ccccc2)cc1)S(C)(=O)=O. The van der Waals surface area contributed by atoms with Crippen LogP contribution in [0, 0.1) is 11.7 Å². The zero-order valence-corrected chi connectivity index (χ0v) is 21.0. The molecule has 0 radical (unpaired) electrons. The van der Waals surface area contributed by atoms with Crippen LogP contribution in [-0.4, -0.2) is 25.5 Å². The van der Waals surface area contributed by atoms with Gasteiger partial charge in [0.2, 0.25) is 10.0 Å². The Kier molecular flexibility index (Phi) is 9.25. The van der Waals surface area contributed by atoms with Gasteiger partial charge in [-0.1, -0.05) is 68.4 Å². The molecule has 0 fully saturated rings. The quantitative estimate of drug-likeness (QED) is 0.300. The molecule has 0 aromatic heterocycles. The number of para-hydroxylation sites is 1. The van der Waals surface area contributed by atoms with Crippen LogP contribution in [0.5, 0.6) is 5.75 Å². The van der Waals surface area contributed by atoms with Gasteiger partial charge in [0.15, 0.2) is 0 Å². The predicted molar refractivity (Wildman–Crippen MR) is 136 cm³/mol. The van der Waals surface area contributed by atoms with Crippen molar-refractivity contribution in [2.45, 2.75) is 45.8 Å². The number of halogens is 1. The fourth-order valence-corrected chi connectivity index (χ4v) is 5.16. The minimum atomic E-state index is -3.44. The van der Waals surface area contributed by atoms with Crippen LogP contribution in [0.1, 0.15) is 49.4 Å². The summed E-state index contributed by atoms with van der Waals surface area (Å²) < 4.78 is 46.2. The highest BCUT2D eigenvalue weighted by molar-refractivity contribution is 7.88. The Morgan fingerprint density at radius 1 is 0.882 bits per heavy atom. The smallest absolute Gasteiger partial charge is 0.211 e. The van der Waals surface area contributed by atoms with Gasteiger partial charge in [-0.05, 0) is 66.1 Å². The average Bonchev–Trinajstić information content (AvgIpc) is 2.80. The summed E-state index contributed by atoms with van der Waals surface area (Å²) in [7, 11) is -3.44. The maximum Gasteiger partial charge on any atom is 0.211 e. The molecule has 0 spiro atoms. The highest BCUT2D eigenvalue weighted by Crippen LogP contribution is 2.30. The molecule has 0 saturated carbocycles. The molecule has 0 saturated heterocycles. The van der Waals surface area contributed by atoms with Crippen molar-refractivity contribution in [3.05, 3.63) is 101 Å². The van der Waals surface area contributed by atoms with Crippen LogP contribution in [0.25, 0.3) is 0 Å². The number of aryl methyl sites for hydroxylation is 1. The first kappa shape index (κ1) is 25.9. The number of hydrogen-bond acceptors (Lipinski definition) is 3. The van der Waals surface area contributed by atoms with Gasteiger partial charge in [0, 0.05) is 12.6 Å². The molecule has 3 aromatic rings. The second-order valence-electron chi connectivity index (χ2n) is 9.09. The summed E-state index contributed by atoms with van der Waals surface area (Å²) in [6.45, 7) is 5.05. The van der Waals surface area contributed by atoms with Crippen molar-refractivity contribution < 1.29 is 17.5 Å². The topological polar surface area (TPSA) is 46.6 Å². The van der Waals surface area contributed by atoms with Crippen molar-refractivity contribution in [1.82, 2.24) is 4.31 Å². The first-order valence-corrected chi connectivity index (χ1v) is 13.5. The van der Waals surface area contributed by atoms with E-state index in [0.29, 0.717) is 31.9 Å². The van der Waals surface area contributed by atoms with Gasteiger partial charge in [-0.3, -0.25) is 0 Å². The van der Waals surface area contributed by atoms with Crippen molar-refractivity contribution >= 4 is 10.0 Å². The Labute approximate surface area is 203 Å². The van der Waals surface area contributed by atoms with Crippen LogP contribution >= 0.6 is 0 Å². The highest BCUT2D eigenvalue weighted by Gasteiger charge is 2.28. The lowest BCUT2D eigenvalue weighted by molar-refractivity contribution is 0.283. The molecule has 0 bridgehead atoms. The molecule has 0 aliphatic carbocycles. The van der Waals surface area contributed by atoms with E-state index in [1.165, 1.54) is 18.4 Å². The maximum atomic E-state index is 13.5. The largest absolute Gasteiger partial charge is 0.489 e. The number of hydrogen-bond donors (Lipinski definition) is 0. The van der Waals surface area contributed by atoms with Gasteiger partial charge in [0.1, 0.15) is 18.2 Å². The van der Waals surface area contributed by atoms with Crippen LogP contribution in [0.4, 0.5) is 4.39 Å². The molecule has 3 rings (SSSR count). The molecule has 0 N–H and O–H groups in total. The average molecular weight is 484 g/mol. The Balaban J connectivity index is 1.62. The molecular weight excluding hydrogens is 449 g/mol. The van der Waals surface area contributed by atoms with E-state index < -0.39 is 10.0 Å². The zero-order valence-electron chi connectivity index (χ0n) is 20.2. The zero-order chi connectivity index (χ0) is 24.6. The van der Waals surface area contributed by atoms with Crippen LogP contribution in [-0.2, 0) is 23.1 Å². The van der Waals surface area contributed by atoms with E-state index in [1.54, 1.807) is 16.4 Å². The lowest BCUT2D eigenvalue weighted by Gasteiger charge is -2.31. The molecule has 3 aromatic carbocycles. The third-order valence-corrected chi connectivity index (χ3v) is 7.03. The van der Waals surface area contributed by atoms with Gasteiger partial charge in [0.05, 0.1) is 6.26 Å². The van der Waals surface area contributed by atoms with Crippen molar-refractivity contribution in [2.24, 2.45) is 5.92 Å². The number of nitrogens with zero attached hydrogens (tertiary/aromatic N) is 1. The van der Waals surface area contributed by atoms with E-state index in [2.05, 4.69) is 26.0 Å². The molecule has 0 heterocycles. The molecule has 1 unspecified atom stereocenters. The summed E-state index contributed by atoms with van der Waals surface area (Å²) >= 11 is 0. The Morgan fingerprint density at radius 3 is 2.09 bits per heavy atom. The van der Waals surface area contributed by atoms with E-state index >= 15 is 0 Å². The second-order valence-corrected chi connectivity index (χ2v) is 11.0. The predicted octanol–water partition coefficient (Wildman–Crippen LogP) is 6.39. The highest BCUT2D eigenvalue weighted by atomic mass is 32.2. The second kappa shape index (κ2) is 12.1.